The first-order valence-electron chi connectivity index (χ1n) is 11.9. The van der Waals surface area contributed by atoms with Gasteiger partial charge in [-0.1, -0.05) is 52.7 Å². The maximum absolute atomic E-state index is 13.7. The predicted octanol–water partition coefficient (Wildman–Crippen LogP) is 5.77. The third-order valence-corrected chi connectivity index (χ3v) is 8.81. The van der Waals surface area contributed by atoms with Crippen molar-refractivity contribution in [3.63, 3.8) is 0 Å². The summed E-state index contributed by atoms with van der Waals surface area (Å²) in [6.45, 7) is 8.08. The second kappa shape index (κ2) is 10.6. The predicted molar refractivity (Wildman–Crippen MR) is 142 cm³/mol. The minimum absolute atomic E-state index is 0.0355. The molecule has 1 aliphatic heterocycles. The van der Waals surface area contributed by atoms with Gasteiger partial charge in [0, 0.05) is 13.1 Å². The minimum Gasteiger partial charge on any atom is -0.355 e. The normalized spacial score (nSPS) is 17.0. The number of amides is 1. The molecule has 0 aliphatic carbocycles. The van der Waals surface area contributed by atoms with Crippen molar-refractivity contribution in [2.24, 2.45) is 5.92 Å². The van der Waals surface area contributed by atoms with Crippen molar-refractivity contribution in [2.45, 2.75) is 45.4 Å². The number of halogens is 1. The number of rotatable bonds is 6. The van der Waals surface area contributed by atoms with Crippen LogP contribution in [0.2, 0.25) is 5.02 Å². The Balaban J connectivity index is 1.57. The molecule has 1 amide bonds. The number of nitrogens with zero attached hydrogens (tertiary/aromatic N) is 2. The van der Waals surface area contributed by atoms with Crippen molar-refractivity contribution in [1.29, 1.82) is 0 Å². The first kappa shape index (κ1) is 26.1. The summed E-state index contributed by atoms with van der Waals surface area (Å²) in [7, 11) is -3.94. The molecule has 0 spiro atoms. The van der Waals surface area contributed by atoms with Gasteiger partial charge in [-0.25, -0.2) is 8.42 Å². The summed E-state index contributed by atoms with van der Waals surface area (Å²) in [5, 5.41) is 7.20. The van der Waals surface area contributed by atoms with Crippen LogP contribution in [0.1, 0.15) is 46.5 Å². The average Bonchev–Trinajstić information content (AvgIpc) is 3.21. The van der Waals surface area contributed by atoms with E-state index in [1.807, 2.05) is 26.8 Å². The highest BCUT2D eigenvalue weighted by Crippen LogP contribution is 2.31. The van der Waals surface area contributed by atoms with Crippen molar-refractivity contribution in [2.75, 3.05) is 18.4 Å². The van der Waals surface area contributed by atoms with Gasteiger partial charge in [0.15, 0.2) is 10.7 Å². The third kappa shape index (κ3) is 5.40. The van der Waals surface area contributed by atoms with Gasteiger partial charge in [0.1, 0.15) is 5.69 Å². The van der Waals surface area contributed by atoms with E-state index in [9.17, 15) is 13.2 Å². The lowest BCUT2D eigenvalue weighted by atomic mass is 9.99. The van der Waals surface area contributed by atoms with Crippen LogP contribution in [-0.2, 0) is 14.8 Å². The second-order valence-corrected chi connectivity index (χ2v) is 11.6. The SMILES string of the molecule is Cc1cc(C)c(/C=C/c2onc(C)c2S(=O)(=O)N2CCC[C@@H](C(=O)Nc3ccccc3Cl)C2)c(C)c1. The third-order valence-electron chi connectivity index (χ3n) is 6.46. The van der Waals surface area contributed by atoms with Gasteiger partial charge in [-0.05, 0) is 75.4 Å². The van der Waals surface area contributed by atoms with Gasteiger partial charge in [-0.2, -0.15) is 4.31 Å². The molecule has 2 heterocycles. The van der Waals surface area contributed by atoms with Gasteiger partial charge < -0.3 is 9.84 Å². The molecule has 2 aromatic carbocycles. The molecule has 1 aliphatic rings. The van der Waals surface area contributed by atoms with Crippen molar-refractivity contribution < 1.29 is 17.7 Å². The average molecular weight is 528 g/mol. The fourth-order valence-electron chi connectivity index (χ4n) is 4.71. The number of para-hydroxylation sites is 1. The highest BCUT2D eigenvalue weighted by molar-refractivity contribution is 7.89. The van der Waals surface area contributed by atoms with Crippen LogP contribution in [0.25, 0.3) is 12.2 Å². The molecule has 1 N–H and O–H groups in total. The number of hydrogen-bond donors (Lipinski definition) is 1. The highest BCUT2D eigenvalue weighted by Gasteiger charge is 2.37. The smallest absolute Gasteiger partial charge is 0.248 e. The number of benzene rings is 2. The Labute approximate surface area is 217 Å². The minimum atomic E-state index is -3.94. The maximum Gasteiger partial charge on any atom is 0.248 e. The molecular weight excluding hydrogens is 498 g/mol. The quantitative estimate of drug-likeness (QED) is 0.439. The molecule has 1 fully saturated rings. The summed E-state index contributed by atoms with van der Waals surface area (Å²) < 4.78 is 34.2. The van der Waals surface area contributed by atoms with Crippen LogP contribution in [0.4, 0.5) is 5.69 Å². The Morgan fingerprint density at radius 3 is 2.53 bits per heavy atom. The van der Waals surface area contributed by atoms with Crippen LogP contribution in [0, 0.1) is 33.6 Å². The lowest BCUT2D eigenvalue weighted by Gasteiger charge is -2.31. The van der Waals surface area contributed by atoms with Crippen LogP contribution in [0.3, 0.4) is 0 Å². The Kier molecular flexibility index (Phi) is 7.68. The van der Waals surface area contributed by atoms with E-state index in [1.54, 1.807) is 37.3 Å². The molecule has 0 saturated carbocycles. The zero-order valence-electron chi connectivity index (χ0n) is 20.8. The van der Waals surface area contributed by atoms with Crippen molar-refractivity contribution in [3.05, 3.63) is 75.1 Å². The molecule has 1 saturated heterocycles. The molecule has 0 unspecified atom stereocenters. The maximum atomic E-state index is 13.7. The molecule has 1 aromatic heterocycles. The molecule has 36 heavy (non-hydrogen) atoms. The van der Waals surface area contributed by atoms with Crippen LogP contribution >= 0.6 is 11.6 Å². The van der Waals surface area contributed by atoms with E-state index in [1.165, 1.54) is 9.87 Å². The van der Waals surface area contributed by atoms with E-state index < -0.39 is 15.9 Å². The van der Waals surface area contributed by atoms with E-state index in [-0.39, 0.29) is 28.8 Å². The van der Waals surface area contributed by atoms with Gasteiger partial charge in [-0.15, -0.1) is 0 Å². The first-order chi connectivity index (χ1) is 17.1. The summed E-state index contributed by atoms with van der Waals surface area (Å²) >= 11 is 6.17. The van der Waals surface area contributed by atoms with E-state index in [0.717, 1.165) is 16.7 Å². The zero-order chi connectivity index (χ0) is 26.0. The van der Waals surface area contributed by atoms with Crippen molar-refractivity contribution >= 4 is 45.4 Å². The van der Waals surface area contributed by atoms with Gasteiger partial charge in [0.2, 0.25) is 15.9 Å². The number of aryl methyl sites for hydroxylation is 4. The Morgan fingerprint density at radius 2 is 1.83 bits per heavy atom. The molecule has 3 aromatic rings. The Bertz CT molecular complexity index is 1410. The van der Waals surface area contributed by atoms with Crippen LogP contribution < -0.4 is 5.32 Å². The molecule has 4 rings (SSSR count). The number of aromatic nitrogens is 1. The summed E-state index contributed by atoms with van der Waals surface area (Å²) in [4.78, 5) is 13.0. The van der Waals surface area contributed by atoms with E-state index in [2.05, 4.69) is 22.6 Å². The lowest BCUT2D eigenvalue weighted by molar-refractivity contribution is -0.120. The van der Waals surface area contributed by atoms with Gasteiger partial charge in [-0.3, -0.25) is 4.79 Å². The Morgan fingerprint density at radius 1 is 1.14 bits per heavy atom. The number of piperidine rings is 1. The number of carbonyl (C=O) groups is 1. The van der Waals surface area contributed by atoms with E-state index >= 15 is 0 Å². The van der Waals surface area contributed by atoms with Crippen LogP contribution in [-0.4, -0.2) is 36.9 Å². The van der Waals surface area contributed by atoms with E-state index in [0.29, 0.717) is 30.1 Å². The van der Waals surface area contributed by atoms with Gasteiger partial charge in [0.05, 0.1) is 16.6 Å². The summed E-state index contributed by atoms with van der Waals surface area (Å²) in [6, 6.07) is 11.1. The summed E-state index contributed by atoms with van der Waals surface area (Å²) in [6.07, 6.45) is 4.67. The largest absolute Gasteiger partial charge is 0.355 e. The summed E-state index contributed by atoms with van der Waals surface area (Å²) in [5.41, 5.74) is 5.15. The molecule has 7 nitrogen and oxygen atoms in total. The Hall–Kier alpha value is -2.94. The summed E-state index contributed by atoms with van der Waals surface area (Å²) in [5.74, 6) is -0.577. The van der Waals surface area contributed by atoms with Crippen molar-refractivity contribution in [3.8, 4) is 0 Å². The molecule has 1 atom stereocenters. The number of hydrogen-bond acceptors (Lipinski definition) is 5. The van der Waals surface area contributed by atoms with Gasteiger partial charge in [0.25, 0.3) is 0 Å². The molecule has 190 valence electrons. The molecule has 0 bridgehead atoms. The van der Waals surface area contributed by atoms with Gasteiger partial charge >= 0.3 is 0 Å². The number of anilines is 1. The van der Waals surface area contributed by atoms with Crippen molar-refractivity contribution in [1.82, 2.24) is 9.46 Å². The molecule has 9 heteroatoms. The number of sulfonamides is 1. The monoisotopic (exact) mass is 527 g/mol. The standard InChI is InChI=1S/C27H30ClN3O4S/c1-17-14-18(2)22(19(3)15-17)11-12-25-26(20(4)30-35-25)36(33,34)31-13-7-8-21(16-31)27(32)29-24-10-6-5-9-23(24)28/h5-6,9-12,14-15,21H,7-8,13,16H2,1-4H3,(H,29,32)/b12-11+/t21-/m1/s1. The van der Waals surface area contributed by atoms with E-state index in [4.69, 9.17) is 16.1 Å². The highest BCUT2D eigenvalue weighted by atomic mass is 35.5. The fraction of sp³-hybridized carbons (Fsp3) is 0.333. The first-order valence-corrected chi connectivity index (χ1v) is 13.7. The number of carbonyl (C=O) groups excluding carboxylic acids is 1. The van der Waals surface area contributed by atoms with Crippen LogP contribution in [0.15, 0.2) is 45.8 Å². The number of nitrogens with one attached hydrogen (secondary N) is 1. The topological polar surface area (TPSA) is 92.5 Å². The molecule has 0 radical (unpaired) electrons. The lowest BCUT2D eigenvalue weighted by Crippen LogP contribution is -2.43. The fourth-order valence-corrected chi connectivity index (χ4v) is 6.67. The zero-order valence-corrected chi connectivity index (χ0v) is 22.4. The van der Waals surface area contributed by atoms with Crippen LogP contribution in [0.5, 0.6) is 0 Å². The second-order valence-electron chi connectivity index (χ2n) is 9.28. The molecular formula is C27H30ClN3O4S.